The zero-order valence-corrected chi connectivity index (χ0v) is 14.8. The Bertz CT molecular complexity index is 721. The van der Waals surface area contributed by atoms with Crippen molar-refractivity contribution in [1.29, 1.82) is 0 Å². The van der Waals surface area contributed by atoms with Crippen LogP contribution in [0.1, 0.15) is 18.4 Å². The van der Waals surface area contributed by atoms with Crippen molar-refractivity contribution < 1.29 is 27.6 Å². The summed E-state index contributed by atoms with van der Waals surface area (Å²) in [5, 5.41) is 13.6. The van der Waals surface area contributed by atoms with Gasteiger partial charge in [0.05, 0.1) is 16.6 Å². The van der Waals surface area contributed by atoms with E-state index in [0.29, 0.717) is 19.4 Å². The minimum atomic E-state index is -4.62. The number of hydrogen-bond acceptors (Lipinski definition) is 8. The van der Waals surface area contributed by atoms with Crippen LogP contribution in [-0.2, 0) is 10.9 Å². The fourth-order valence-corrected chi connectivity index (χ4v) is 2.34. The monoisotopic (exact) mass is 403 g/mol. The summed E-state index contributed by atoms with van der Waals surface area (Å²) >= 11 is 0. The molecule has 0 saturated carbocycles. The predicted octanol–water partition coefficient (Wildman–Crippen LogP) is 2.43. The second kappa shape index (κ2) is 9.78. The van der Waals surface area contributed by atoms with Gasteiger partial charge in [0.1, 0.15) is 12.4 Å². The lowest BCUT2D eigenvalue weighted by molar-refractivity contribution is -0.404. The van der Waals surface area contributed by atoms with Crippen LogP contribution in [0.25, 0.3) is 0 Å². The molecule has 1 aliphatic rings. The third kappa shape index (κ3) is 6.95. The lowest BCUT2D eigenvalue weighted by atomic mass is 10.2. The standard InChI is InChI=1S/C16H20F3N5O4/c1-2-5-28-15-8-11(16(17,18)19)7-13(21-15)22-23-14(10-24(25)26)20-9-12-4-3-6-27-12/h2,7-8,10,12,20,23H,1,3-6,9H2,(H,21,22)/b14-10-. The van der Waals surface area contributed by atoms with Gasteiger partial charge in [-0.1, -0.05) is 12.7 Å². The van der Waals surface area contributed by atoms with Crippen molar-refractivity contribution >= 4 is 5.82 Å². The number of halogens is 3. The van der Waals surface area contributed by atoms with E-state index in [1.807, 2.05) is 0 Å². The Morgan fingerprint density at radius 2 is 2.29 bits per heavy atom. The first-order valence-electron chi connectivity index (χ1n) is 8.33. The number of nitrogens with one attached hydrogen (secondary N) is 3. The summed E-state index contributed by atoms with van der Waals surface area (Å²) in [6.07, 6.45) is -1.00. The molecule has 0 radical (unpaired) electrons. The van der Waals surface area contributed by atoms with Gasteiger partial charge >= 0.3 is 6.18 Å². The molecular formula is C16H20F3N5O4. The van der Waals surface area contributed by atoms with Crippen molar-refractivity contribution in [1.82, 2.24) is 15.7 Å². The highest BCUT2D eigenvalue weighted by atomic mass is 19.4. The van der Waals surface area contributed by atoms with E-state index in [4.69, 9.17) is 9.47 Å². The number of pyridine rings is 1. The van der Waals surface area contributed by atoms with E-state index >= 15 is 0 Å². The molecule has 2 rings (SSSR count). The number of aromatic nitrogens is 1. The molecule has 0 aliphatic carbocycles. The zero-order chi connectivity index (χ0) is 20.6. The molecule has 1 atom stereocenters. The highest BCUT2D eigenvalue weighted by Crippen LogP contribution is 2.32. The van der Waals surface area contributed by atoms with Gasteiger partial charge in [-0.25, -0.2) is 0 Å². The molecule has 0 aromatic carbocycles. The molecule has 0 amide bonds. The Hall–Kier alpha value is -3.02. The number of rotatable bonds is 10. The van der Waals surface area contributed by atoms with E-state index in [0.717, 1.165) is 25.0 Å². The van der Waals surface area contributed by atoms with Crippen LogP contribution in [0.15, 0.2) is 36.8 Å². The van der Waals surface area contributed by atoms with Crippen LogP contribution >= 0.6 is 0 Å². The molecule has 1 aromatic rings. The van der Waals surface area contributed by atoms with E-state index < -0.39 is 16.7 Å². The van der Waals surface area contributed by atoms with Gasteiger partial charge in [-0.15, -0.1) is 0 Å². The van der Waals surface area contributed by atoms with E-state index in [1.54, 1.807) is 0 Å². The van der Waals surface area contributed by atoms with Crippen molar-refractivity contribution in [3.63, 3.8) is 0 Å². The van der Waals surface area contributed by atoms with Gasteiger partial charge in [0.2, 0.25) is 5.88 Å². The summed E-state index contributed by atoms with van der Waals surface area (Å²) in [6.45, 7) is 4.31. The molecule has 0 bridgehead atoms. The maximum absolute atomic E-state index is 13.1. The molecule has 1 saturated heterocycles. The SMILES string of the molecule is C=CCOc1cc(C(F)(F)F)cc(NN/C(=C\[N+](=O)[O-])NCC2CCCO2)n1. The largest absolute Gasteiger partial charge is 0.473 e. The van der Waals surface area contributed by atoms with Gasteiger partial charge in [0, 0.05) is 19.2 Å². The lowest BCUT2D eigenvalue weighted by Gasteiger charge is -2.17. The van der Waals surface area contributed by atoms with Crippen molar-refractivity contribution in [2.45, 2.75) is 25.1 Å². The third-order valence-electron chi connectivity index (χ3n) is 3.58. The molecule has 0 spiro atoms. The summed E-state index contributed by atoms with van der Waals surface area (Å²) in [7, 11) is 0. The van der Waals surface area contributed by atoms with Crippen LogP contribution in [0.2, 0.25) is 0 Å². The predicted molar refractivity (Wildman–Crippen MR) is 93.7 cm³/mol. The van der Waals surface area contributed by atoms with Gasteiger partial charge in [-0.3, -0.25) is 21.0 Å². The zero-order valence-electron chi connectivity index (χ0n) is 14.8. The average Bonchev–Trinajstić information content (AvgIpc) is 3.14. The summed E-state index contributed by atoms with van der Waals surface area (Å²) in [6, 6.07) is 1.50. The Balaban J connectivity index is 2.09. The Kier molecular flexibility index (Phi) is 7.44. The van der Waals surface area contributed by atoms with E-state index in [9.17, 15) is 23.3 Å². The molecule has 154 valence electrons. The first-order valence-corrected chi connectivity index (χ1v) is 8.33. The summed E-state index contributed by atoms with van der Waals surface area (Å²) in [5.74, 6) is -0.568. The topological polar surface area (TPSA) is 111 Å². The van der Waals surface area contributed by atoms with Gasteiger partial charge in [0.15, 0.2) is 5.82 Å². The summed E-state index contributed by atoms with van der Waals surface area (Å²) in [4.78, 5) is 13.9. The molecule has 1 aliphatic heterocycles. The molecule has 1 aromatic heterocycles. The highest BCUT2D eigenvalue weighted by Gasteiger charge is 2.32. The number of hydrogen-bond donors (Lipinski definition) is 3. The average molecular weight is 403 g/mol. The number of ether oxygens (including phenoxy) is 2. The van der Waals surface area contributed by atoms with Crippen molar-refractivity contribution in [2.24, 2.45) is 0 Å². The van der Waals surface area contributed by atoms with Gasteiger partial charge < -0.3 is 14.8 Å². The van der Waals surface area contributed by atoms with Crippen LogP contribution in [0.5, 0.6) is 5.88 Å². The van der Waals surface area contributed by atoms with Crippen molar-refractivity contribution in [3.8, 4) is 5.88 Å². The molecule has 28 heavy (non-hydrogen) atoms. The second-order valence-electron chi connectivity index (χ2n) is 5.77. The van der Waals surface area contributed by atoms with Crippen LogP contribution in [-0.4, -0.2) is 35.8 Å². The smallest absolute Gasteiger partial charge is 0.416 e. The van der Waals surface area contributed by atoms with Gasteiger partial charge in [-0.05, 0) is 18.9 Å². The quantitative estimate of drug-likeness (QED) is 0.310. The van der Waals surface area contributed by atoms with Gasteiger partial charge in [-0.2, -0.15) is 18.2 Å². The number of hydrazine groups is 1. The van der Waals surface area contributed by atoms with Crippen LogP contribution < -0.4 is 20.9 Å². The number of anilines is 1. The second-order valence-corrected chi connectivity index (χ2v) is 5.77. The first-order chi connectivity index (χ1) is 13.3. The van der Waals surface area contributed by atoms with Crippen LogP contribution in [0.4, 0.5) is 19.0 Å². The fourth-order valence-electron chi connectivity index (χ4n) is 2.34. The fraction of sp³-hybridized carbons (Fsp3) is 0.438. The third-order valence-corrected chi connectivity index (χ3v) is 3.58. The van der Waals surface area contributed by atoms with E-state index in [2.05, 4.69) is 27.7 Å². The number of alkyl halides is 3. The molecule has 2 heterocycles. The Labute approximate surface area is 158 Å². The summed E-state index contributed by atoms with van der Waals surface area (Å²) in [5.41, 5.74) is 3.87. The minimum absolute atomic E-state index is 0.0312. The minimum Gasteiger partial charge on any atom is -0.473 e. The van der Waals surface area contributed by atoms with Gasteiger partial charge in [0.25, 0.3) is 6.20 Å². The highest BCUT2D eigenvalue weighted by molar-refractivity contribution is 5.42. The normalized spacial score (nSPS) is 17.1. The molecule has 1 fully saturated rings. The Morgan fingerprint density at radius 1 is 1.50 bits per heavy atom. The summed E-state index contributed by atoms with van der Waals surface area (Å²) < 4.78 is 49.6. The molecular weight excluding hydrogens is 383 g/mol. The molecule has 1 unspecified atom stereocenters. The first kappa shape index (κ1) is 21.3. The molecule has 3 N–H and O–H groups in total. The van der Waals surface area contributed by atoms with Crippen molar-refractivity contribution in [3.05, 3.63) is 52.5 Å². The Morgan fingerprint density at radius 3 is 2.89 bits per heavy atom. The van der Waals surface area contributed by atoms with E-state index in [-0.39, 0.29) is 30.2 Å². The van der Waals surface area contributed by atoms with Crippen LogP contribution in [0.3, 0.4) is 0 Å². The molecule has 12 heteroatoms. The lowest BCUT2D eigenvalue weighted by Crippen LogP contribution is -2.36. The van der Waals surface area contributed by atoms with Crippen molar-refractivity contribution in [2.75, 3.05) is 25.2 Å². The number of nitro groups is 1. The van der Waals surface area contributed by atoms with Crippen LogP contribution in [0, 0.1) is 10.1 Å². The maximum atomic E-state index is 13.1. The number of nitrogens with zero attached hydrogens (tertiary/aromatic N) is 2. The molecule has 9 nitrogen and oxygen atoms in total. The van der Waals surface area contributed by atoms with E-state index in [1.165, 1.54) is 6.08 Å². The maximum Gasteiger partial charge on any atom is 0.416 e.